The Balaban J connectivity index is 1.56. The second-order valence-electron chi connectivity index (χ2n) is 6.27. The van der Waals surface area contributed by atoms with E-state index in [1.54, 1.807) is 0 Å². The van der Waals surface area contributed by atoms with E-state index in [1.165, 1.54) is 63.0 Å². The normalized spacial score (nSPS) is 25.5. The predicted molar refractivity (Wildman–Crippen MR) is 77.1 cm³/mol. The molecule has 106 valence electrons. The van der Waals surface area contributed by atoms with Crippen molar-refractivity contribution in [3.8, 4) is 0 Å². The molecule has 2 aliphatic rings. The highest BCUT2D eigenvalue weighted by molar-refractivity contribution is 5.24. The van der Waals surface area contributed by atoms with E-state index < -0.39 is 0 Å². The summed E-state index contributed by atoms with van der Waals surface area (Å²) in [6, 6.07) is 0.539. The van der Waals surface area contributed by atoms with Crippen LogP contribution in [0, 0.1) is 5.92 Å². The number of rotatable bonds is 3. The molecular weight excluding hydrogens is 236 g/mol. The van der Waals surface area contributed by atoms with Crippen LogP contribution in [0.1, 0.15) is 43.0 Å². The van der Waals surface area contributed by atoms with Crippen molar-refractivity contribution in [3.63, 3.8) is 0 Å². The summed E-state index contributed by atoms with van der Waals surface area (Å²) in [5.74, 6) is 0.859. The number of hydrogen-bond donors (Lipinski definition) is 1. The van der Waals surface area contributed by atoms with Gasteiger partial charge in [-0.1, -0.05) is 0 Å². The van der Waals surface area contributed by atoms with Crippen LogP contribution in [0.25, 0.3) is 0 Å². The van der Waals surface area contributed by atoms with Crippen molar-refractivity contribution < 1.29 is 0 Å². The second-order valence-corrected chi connectivity index (χ2v) is 6.27. The van der Waals surface area contributed by atoms with Crippen LogP contribution in [-0.4, -0.2) is 41.4 Å². The van der Waals surface area contributed by atoms with E-state index in [0.29, 0.717) is 6.04 Å². The average molecular weight is 262 g/mol. The second kappa shape index (κ2) is 5.63. The van der Waals surface area contributed by atoms with Crippen molar-refractivity contribution in [2.24, 2.45) is 13.0 Å². The van der Waals surface area contributed by atoms with E-state index in [2.05, 4.69) is 40.3 Å². The summed E-state index contributed by atoms with van der Waals surface area (Å²) >= 11 is 0. The molecular formula is C15H26N4. The Labute approximate surface area is 116 Å². The van der Waals surface area contributed by atoms with Crippen molar-refractivity contribution in [1.29, 1.82) is 0 Å². The lowest BCUT2D eigenvalue weighted by Crippen LogP contribution is -2.36. The zero-order valence-corrected chi connectivity index (χ0v) is 12.2. The van der Waals surface area contributed by atoms with E-state index in [-0.39, 0.29) is 0 Å². The third kappa shape index (κ3) is 2.84. The number of hydrogen-bond acceptors (Lipinski definition) is 3. The van der Waals surface area contributed by atoms with Crippen molar-refractivity contribution in [2.75, 3.05) is 26.7 Å². The van der Waals surface area contributed by atoms with Gasteiger partial charge in [-0.15, -0.1) is 0 Å². The highest BCUT2D eigenvalue weighted by Gasteiger charge is 2.24. The zero-order chi connectivity index (χ0) is 13.2. The quantitative estimate of drug-likeness (QED) is 0.900. The number of nitrogens with zero attached hydrogens (tertiary/aromatic N) is 3. The van der Waals surface area contributed by atoms with Crippen LogP contribution in [0.2, 0.25) is 0 Å². The molecule has 1 N–H and O–H groups in total. The Morgan fingerprint density at radius 1 is 1.26 bits per heavy atom. The molecule has 1 aromatic heterocycles. The minimum Gasteiger partial charge on any atom is -0.310 e. The largest absolute Gasteiger partial charge is 0.310 e. The molecule has 1 unspecified atom stereocenters. The smallest absolute Gasteiger partial charge is 0.0540 e. The Morgan fingerprint density at radius 2 is 2.05 bits per heavy atom. The standard InChI is InChI=1S/C15H26N4/c1-18-8-6-12(7-9-18)10-16-14-4-3-5-15-13(14)11-17-19(15)2/h11-12,14,16H,3-10H2,1-2H3. The number of piperidine rings is 1. The lowest BCUT2D eigenvalue weighted by Gasteiger charge is -2.31. The maximum absolute atomic E-state index is 4.42. The summed E-state index contributed by atoms with van der Waals surface area (Å²) in [7, 11) is 4.30. The predicted octanol–water partition coefficient (Wildman–Crippen LogP) is 1.73. The molecule has 0 amide bonds. The molecule has 1 aliphatic heterocycles. The highest BCUT2D eigenvalue weighted by Crippen LogP contribution is 2.29. The summed E-state index contributed by atoms with van der Waals surface area (Å²) in [5.41, 5.74) is 2.88. The van der Waals surface area contributed by atoms with Crippen LogP contribution >= 0.6 is 0 Å². The topological polar surface area (TPSA) is 33.1 Å². The molecule has 0 aromatic carbocycles. The molecule has 2 heterocycles. The molecule has 0 saturated carbocycles. The van der Waals surface area contributed by atoms with Crippen LogP contribution in [0.15, 0.2) is 6.20 Å². The molecule has 4 heteroatoms. The molecule has 1 aliphatic carbocycles. The van der Waals surface area contributed by atoms with Crippen molar-refractivity contribution in [2.45, 2.75) is 38.1 Å². The number of nitrogens with one attached hydrogen (secondary N) is 1. The van der Waals surface area contributed by atoms with Crippen LogP contribution < -0.4 is 5.32 Å². The van der Waals surface area contributed by atoms with Crippen LogP contribution in [0.5, 0.6) is 0 Å². The molecule has 1 fully saturated rings. The van der Waals surface area contributed by atoms with Gasteiger partial charge in [0.05, 0.1) is 6.20 Å². The lowest BCUT2D eigenvalue weighted by atomic mass is 9.91. The van der Waals surface area contributed by atoms with Gasteiger partial charge >= 0.3 is 0 Å². The Bertz CT molecular complexity index is 418. The molecule has 0 bridgehead atoms. The molecule has 3 rings (SSSR count). The summed E-state index contributed by atoms with van der Waals surface area (Å²) in [6.45, 7) is 3.69. The lowest BCUT2D eigenvalue weighted by molar-refractivity contribution is 0.211. The fraction of sp³-hybridized carbons (Fsp3) is 0.800. The van der Waals surface area contributed by atoms with Gasteiger partial charge in [-0.3, -0.25) is 4.68 Å². The molecule has 1 saturated heterocycles. The average Bonchev–Trinajstić information content (AvgIpc) is 2.81. The van der Waals surface area contributed by atoms with Gasteiger partial charge < -0.3 is 10.2 Å². The van der Waals surface area contributed by atoms with Gasteiger partial charge in [0.2, 0.25) is 0 Å². The Morgan fingerprint density at radius 3 is 2.84 bits per heavy atom. The van der Waals surface area contributed by atoms with Gasteiger partial charge in [-0.25, -0.2) is 0 Å². The number of aromatic nitrogens is 2. The molecule has 1 aromatic rings. The molecule has 4 nitrogen and oxygen atoms in total. The highest BCUT2D eigenvalue weighted by atomic mass is 15.3. The maximum Gasteiger partial charge on any atom is 0.0540 e. The first-order valence-electron chi connectivity index (χ1n) is 7.66. The molecule has 1 atom stereocenters. The third-order valence-corrected chi connectivity index (χ3v) is 4.87. The van der Waals surface area contributed by atoms with Gasteiger partial charge in [0.15, 0.2) is 0 Å². The fourth-order valence-corrected chi connectivity index (χ4v) is 3.49. The maximum atomic E-state index is 4.42. The number of fused-ring (bicyclic) bond motifs is 1. The van der Waals surface area contributed by atoms with Crippen LogP contribution in [0.3, 0.4) is 0 Å². The van der Waals surface area contributed by atoms with Crippen molar-refractivity contribution >= 4 is 0 Å². The van der Waals surface area contributed by atoms with Gasteiger partial charge in [-0.05, 0) is 64.7 Å². The first kappa shape index (κ1) is 13.1. The minimum atomic E-state index is 0.539. The van der Waals surface area contributed by atoms with Gasteiger partial charge in [0.1, 0.15) is 0 Å². The number of likely N-dealkylation sites (tertiary alicyclic amines) is 1. The van der Waals surface area contributed by atoms with Crippen molar-refractivity contribution in [3.05, 3.63) is 17.5 Å². The Kier molecular flexibility index (Phi) is 3.89. The van der Waals surface area contributed by atoms with Gasteiger partial charge in [-0.2, -0.15) is 5.10 Å². The first-order chi connectivity index (χ1) is 9.24. The van der Waals surface area contributed by atoms with Crippen LogP contribution in [0.4, 0.5) is 0 Å². The zero-order valence-electron chi connectivity index (χ0n) is 12.2. The summed E-state index contributed by atoms with van der Waals surface area (Å²) < 4.78 is 2.05. The summed E-state index contributed by atoms with van der Waals surface area (Å²) in [5, 5.41) is 8.23. The molecule has 0 radical (unpaired) electrons. The van der Waals surface area contributed by atoms with Crippen molar-refractivity contribution in [1.82, 2.24) is 20.0 Å². The summed E-state index contributed by atoms with van der Waals surface area (Å²) in [4.78, 5) is 2.44. The van der Waals surface area contributed by atoms with Gasteiger partial charge in [0.25, 0.3) is 0 Å². The van der Waals surface area contributed by atoms with E-state index in [0.717, 1.165) is 5.92 Å². The fourth-order valence-electron chi connectivity index (χ4n) is 3.49. The SMILES string of the molecule is CN1CCC(CNC2CCCc3c2cnn3C)CC1. The van der Waals surface area contributed by atoms with E-state index in [4.69, 9.17) is 0 Å². The van der Waals surface area contributed by atoms with Crippen LogP contribution in [-0.2, 0) is 13.5 Å². The molecule has 19 heavy (non-hydrogen) atoms. The monoisotopic (exact) mass is 262 g/mol. The summed E-state index contributed by atoms with van der Waals surface area (Å²) in [6.07, 6.45) is 8.51. The third-order valence-electron chi connectivity index (χ3n) is 4.87. The van der Waals surface area contributed by atoms with E-state index in [9.17, 15) is 0 Å². The first-order valence-corrected chi connectivity index (χ1v) is 7.66. The molecule has 0 spiro atoms. The minimum absolute atomic E-state index is 0.539. The van der Waals surface area contributed by atoms with Gasteiger partial charge in [0, 0.05) is 24.3 Å². The van der Waals surface area contributed by atoms with E-state index in [1.807, 2.05) is 0 Å². The Hall–Kier alpha value is -0.870. The number of aryl methyl sites for hydroxylation is 1. The van der Waals surface area contributed by atoms with E-state index >= 15 is 0 Å².